The van der Waals surface area contributed by atoms with Crippen molar-refractivity contribution in [2.24, 2.45) is 35.5 Å². The lowest BCUT2D eigenvalue weighted by molar-refractivity contribution is -0.123. The largest absolute Gasteiger partial charge is 0.396 e. The lowest BCUT2D eigenvalue weighted by Crippen LogP contribution is -2.71. The third kappa shape index (κ3) is 5.30. The number of hydrogen-bond donors (Lipinski definition) is 2. The maximum absolute atomic E-state index is 13.8. The van der Waals surface area contributed by atoms with E-state index in [0.29, 0.717) is 43.4 Å². The van der Waals surface area contributed by atoms with Crippen molar-refractivity contribution in [2.45, 2.75) is 114 Å². The van der Waals surface area contributed by atoms with Crippen LogP contribution in [0.4, 0.5) is 0 Å². The van der Waals surface area contributed by atoms with Gasteiger partial charge in [-0.3, -0.25) is 4.90 Å². The highest BCUT2D eigenvalue weighted by atomic mass is 32.2. The second kappa shape index (κ2) is 11.9. The van der Waals surface area contributed by atoms with Gasteiger partial charge in [0.05, 0.1) is 11.9 Å². The number of aliphatic hydroxyl groups is 2. The summed E-state index contributed by atoms with van der Waals surface area (Å²) in [6, 6.07) is 0.463. The molecule has 0 aromatic heterocycles. The highest BCUT2D eigenvalue weighted by molar-refractivity contribution is 7.89. The standard InChI is InChI=1S/C29H52N2O4S/c1-21-8-2-5-11-28(21)36(34,35)30-16-6-7-17-31-26(18-30)29(27(31)20-33)23-14-12-22(13-15-23)25-10-4-3-9-24(25)19-32/h21-29,32-33H,2-20H2,1H3/t21?,22?,23?,24?,25?,26?,27-,28?,29+/m1/s1. The van der Waals surface area contributed by atoms with Crippen LogP contribution in [-0.2, 0) is 10.0 Å². The molecule has 208 valence electrons. The van der Waals surface area contributed by atoms with Crippen LogP contribution in [0.1, 0.15) is 96.8 Å². The first-order chi connectivity index (χ1) is 17.5. The van der Waals surface area contributed by atoms with E-state index in [0.717, 1.165) is 51.0 Å². The Morgan fingerprint density at radius 3 is 2.14 bits per heavy atom. The van der Waals surface area contributed by atoms with Crippen LogP contribution in [0.2, 0.25) is 0 Å². The number of sulfonamides is 1. The molecule has 36 heavy (non-hydrogen) atoms. The van der Waals surface area contributed by atoms with E-state index in [1.807, 2.05) is 4.31 Å². The molecule has 5 fully saturated rings. The van der Waals surface area contributed by atoms with Crippen molar-refractivity contribution < 1.29 is 18.6 Å². The van der Waals surface area contributed by atoms with Gasteiger partial charge in [-0.15, -0.1) is 0 Å². The fraction of sp³-hybridized carbons (Fsp3) is 1.00. The summed E-state index contributed by atoms with van der Waals surface area (Å²) in [6.45, 7) is 4.97. The fourth-order valence-corrected chi connectivity index (χ4v) is 11.6. The maximum atomic E-state index is 13.8. The van der Waals surface area contributed by atoms with Crippen molar-refractivity contribution in [3.05, 3.63) is 0 Å². The van der Waals surface area contributed by atoms with Crippen molar-refractivity contribution in [1.82, 2.24) is 9.21 Å². The Morgan fingerprint density at radius 1 is 0.750 bits per heavy atom. The molecule has 7 atom stereocenters. The summed E-state index contributed by atoms with van der Waals surface area (Å²) in [7, 11) is -3.29. The molecule has 6 nitrogen and oxygen atoms in total. The van der Waals surface area contributed by atoms with Gasteiger partial charge < -0.3 is 10.2 Å². The molecule has 0 aromatic carbocycles. The lowest BCUT2D eigenvalue weighted by atomic mass is 9.61. The summed E-state index contributed by atoms with van der Waals surface area (Å²) in [5.41, 5.74) is 0. The Hall–Kier alpha value is -0.210. The predicted molar refractivity (Wildman–Crippen MR) is 144 cm³/mol. The predicted octanol–water partition coefficient (Wildman–Crippen LogP) is 4.26. The molecule has 3 saturated carbocycles. The van der Waals surface area contributed by atoms with E-state index in [1.165, 1.54) is 51.4 Å². The third-order valence-electron chi connectivity index (χ3n) is 11.3. The van der Waals surface area contributed by atoms with Crippen LogP contribution in [0.3, 0.4) is 0 Å². The molecule has 0 amide bonds. The maximum Gasteiger partial charge on any atom is 0.217 e. The number of aliphatic hydroxyl groups excluding tert-OH is 2. The molecule has 2 aliphatic heterocycles. The van der Waals surface area contributed by atoms with Crippen molar-refractivity contribution in [1.29, 1.82) is 0 Å². The van der Waals surface area contributed by atoms with Crippen molar-refractivity contribution in [3.8, 4) is 0 Å². The summed E-state index contributed by atoms with van der Waals surface area (Å²) >= 11 is 0. The molecule has 0 aromatic rings. The minimum Gasteiger partial charge on any atom is -0.396 e. The first-order valence-corrected chi connectivity index (χ1v) is 16.9. The normalized spacial score (nSPS) is 43.7. The van der Waals surface area contributed by atoms with Gasteiger partial charge in [0.15, 0.2) is 0 Å². The summed E-state index contributed by atoms with van der Waals surface area (Å²) in [5, 5.41) is 20.1. The van der Waals surface area contributed by atoms with Gasteiger partial charge in [0.25, 0.3) is 0 Å². The Kier molecular flexibility index (Phi) is 9.04. The van der Waals surface area contributed by atoms with Crippen molar-refractivity contribution in [2.75, 3.05) is 32.8 Å². The summed E-state index contributed by atoms with van der Waals surface area (Å²) in [5.74, 6) is 3.19. The van der Waals surface area contributed by atoms with E-state index in [9.17, 15) is 18.6 Å². The lowest BCUT2D eigenvalue weighted by Gasteiger charge is -2.60. The first-order valence-electron chi connectivity index (χ1n) is 15.4. The molecule has 3 aliphatic carbocycles. The van der Waals surface area contributed by atoms with Gasteiger partial charge >= 0.3 is 0 Å². The number of rotatable bonds is 6. The van der Waals surface area contributed by atoms with Crippen LogP contribution in [0.5, 0.6) is 0 Å². The summed E-state index contributed by atoms with van der Waals surface area (Å²) in [6.07, 6.45) is 15.9. The third-order valence-corrected chi connectivity index (χ3v) is 13.9. The molecule has 2 heterocycles. The smallest absolute Gasteiger partial charge is 0.217 e. The van der Waals surface area contributed by atoms with Gasteiger partial charge in [-0.1, -0.05) is 32.6 Å². The molecule has 0 bridgehead atoms. The van der Waals surface area contributed by atoms with E-state index in [2.05, 4.69) is 11.8 Å². The molecule has 5 rings (SSSR count). The van der Waals surface area contributed by atoms with Gasteiger partial charge in [-0.25, -0.2) is 12.7 Å². The van der Waals surface area contributed by atoms with E-state index >= 15 is 0 Å². The highest BCUT2D eigenvalue weighted by Crippen LogP contribution is 2.49. The average molecular weight is 525 g/mol. The van der Waals surface area contributed by atoms with Crippen LogP contribution in [0.25, 0.3) is 0 Å². The summed E-state index contributed by atoms with van der Waals surface area (Å²) < 4.78 is 29.6. The van der Waals surface area contributed by atoms with Gasteiger partial charge in [0.2, 0.25) is 10.0 Å². The zero-order chi connectivity index (χ0) is 25.3. The number of nitrogens with zero attached hydrogens (tertiary/aromatic N) is 2. The van der Waals surface area contributed by atoms with Crippen molar-refractivity contribution >= 4 is 10.0 Å². The topological polar surface area (TPSA) is 81.1 Å². The minimum atomic E-state index is -3.29. The molecule has 5 aliphatic rings. The van der Waals surface area contributed by atoms with E-state index < -0.39 is 10.0 Å². The quantitative estimate of drug-likeness (QED) is 0.543. The van der Waals surface area contributed by atoms with E-state index in [4.69, 9.17) is 0 Å². The van der Waals surface area contributed by atoms with Crippen LogP contribution < -0.4 is 0 Å². The van der Waals surface area contributed by atoms with Crippen LogP contribution >= 0.6 is 0 Å². The zero-order valence-corrected chi connectivity index (χ0v) is 23.5. The van der Waals surface area contributed by atoms with E-state index in [1.54, 1.807) is 0 Å². The second-order valence-electron chi connectivity index (χ2n) is 13.1. The number of hydrogen-bond acceptors (Lipinski definition) is 5. The van der Waals surface area contributed by atoms with E-state index in [-0.39, 0.29) is 29.9 Å². The number of fused-ring (bicyclic) bond motifs is 1. The Bertz CT molecular complexity index is 814. The molecule has 2 saturated heterocycles. The monoisotopic (exact) mass is 524 g/mol. The molecule has 0 spiro atoms. The van der Waals surface area contributed by atoms with Gasteiger partial charge in [-0.2, -0.15) is 0 Å². The van der Waals surface area contributed by atoms with Gasteiger partial charge in [0, 0.05) is 31.8 Å². The highest BCUT2D eigenvalue weighted by Gasteiger charge is 2.53. The van der Waals surface area contributed by atoms with Gasteiger partial charge in [0.1, 0.15) is 0 Å². The average Bonchev–Trinajstić information content (AvgIpc) is 2.88. The zero-order valence-electron chi connectivity index (χ0n) is 22.6. The molecular formula is C29H52N2O4S. The summed E-state index contributed by atoms with van der Waals surface area (Å²) in [4.78, 5) is 2.46. The SMILES string of the molecule is CC1CCCCC1S(=O)(=O)N1CCCCN2C(C1)[C@H](C1CCC(C3CCCCC3CO)CC1)[C@H]2CO. The molecule has 2 N–H and O–H groups in total. The molecule has 0 radical (unpaired) electrons. The fourth-order valence-electron chi connectivity index (χ4n) is 9.33. The second-order valence-corrected chi connectivity index (χ2v) is 15.3. The van der Waals surface area contributed by atoms with Crippen LogP contribution in [0, 0.1) is 35.5 Å². The van der Waals surface area contributed by atoms with Crippen molar-refractivity contribution in [3.63, 3.8) is 0 Å². The van der Waals surface area contributed by atoms with Gasteiger partial charge in [-0.05, 0) is 106 Å². The Morgan fingerprint density at radius 2 is 1.42 bits per heavy atom. The first kappa shape index (κ1) is 27.4. The Balaban J connectivity index is 1.27. The molecule has 7 heteroatoms. The molecule has 5 unspecified atom stereocenters. The molecular weight excluding hydrogens is 472 g/mol. The Labute approximate surface area is 220 Å². The van der Waals surface area contributed by atoms with Crippen LogP contribution in [-0.4, -0.2) is 78.0 Å². The van der Waals surface area contributed by atoms with Crippen LogP contribution in [0.15, 0.2) is 0 Å². The minimum absolute atomic E-state index is 0.197.